The van der Waals surface area contributed by atoms with Crippen molar-refractivity contribution in [2.45, 2.75) is 57.6 Å². The lowest BCUT2D eigenvalue weighted by Crippen LogP contribution is -2.54. The standard InChI is InChI=1S/C29H33Cl2N3O4S/c1-20-11-9-12-22(17-20)34(39(37,38)23-13-7-6-8-14-23)19-27(35)33(21(2)28(36)32-29(3,4)5)18-24-25(30)15-10-16-26(24)31/h6-17,21H,18-19H2,1-5H3,(H,32,36)/t21-/m0/s1. The van der Waals surface area contributed by atoms with Gasteiger partial charge in [0.2, 0.25) is 11.8 Å². The maximum Gasteiger partial charge on any atom is 0.264 e. The summed E-state index contributed by atoms with van der Waals surface area (Å²) in [6.07, 6.45) is 0. The first-order valence-corrected chi connectivity index (χ1v) is 14.6. The maximum absolute atomic E-state index is 14.0. The predicted octanol–water partition coefficient (Wildman–Crippen LogP) is 5.83. The minimum atomic E-state index is -4.13. The van der Waals surface area contributed by atoms with E-state index in [4.69, 9.17) is 23.2 Å². The van der Waals surface area contributed by atoms with E-state index in [1.54, 1.807) is 61.5 Å². The summed E-state index contributed by atoms with van der Waals surface area (Å²) in [7, 11) is -4.13. The van der Waals surface area contributed by atoms with E-state index in [1.807, 2.05) is 33.8 Å². The third kappa shape index (κ3) is 7.75. The smallest absolute Gasteiger partial charge is 0.264 e. The second-order valence-electron chi connectivity index (χ2n) is 10.3. The Morgan fingerprint density at radius 1 is 0.923 bits per heavy atom. The van der Waals surface area contributed by atoms with Gasteiger partial charge in [0, 0.05) is 27.7 Å². The van der Waals surface area contributed by atoms with Crippen LogP contribution in [0, 0.1) is 6.92 Å². The van der Waals surface area contributed by atoms with Gasteiger partial charge < -0.3 is 10.2 Å². The van der Waals surface area contributed by atoms with Crippen LogP contribution in [0.1, 0.15) is 38.8 Å². The van der Waals surface area contributed by atoms with E-state index >= 15 is 0 Å². The number of sulfonamides is 1. The van der Waals surface area contributed by atoms with Crippen molar-refractivity contribution >= 4 is 50.7 Å². The van der Waals surface area contributed by atoms with Gasteiger partial charge in [-0.05, 0) is 76.6 Å². The van der Waals surface area contributed by atoms with Crippen LogP contribution in [0.4, 0.5) is 5.69 Å². The third-order valence-corrected chi connectivity index (χ3v) is 8.45. The number of aryl methyl sites for hydroxylation is 1. The molecule has 0 saturated carbocycles. The fourth-order valence-corrected chi connectivity index (χ4v) is 5.89. The molecule has 0 bridgehead atoms. The normalized spacial score (nSPS) is 12.5. The lowest BCUT2D eigenvalue weighted by atomic mass is 10.1. The van der Waals surface area contributed by atoms with E-state index in [1.165, 1.54) is 17.0 Å². The molecule has 0 spiro atoms. The quantitative estimate of drug-likeness (QED) is 0.340. The molecule has 0 aliphatic heterocycles. The highest BCUT2D eigenvalue weighted by molar-refractivity contribution is 7.92. The number of rotatable bonds is 9. The Morgan fingerprint density at radius 2 is 1.51 bits per heavy atom. The second kappa shape index (κ2) is 12.4. The number of nitrogens with zero attached hydrogens (tertiary/aromatic N) is 2. The number of hydrogen-bond acceptors (Lipinski definition) is 4. The van der Waals surface area contributed by atoms with E-state index in [9.17, 15) is 18.0 Å². The number of carbonyl (C=O) groups excluding carboxylic acids is 2. The first-order chi connectivity index (χ1) is 18.2. The van der Waals surface area contributed by atoms with Crippen LogP contribution in [-0.2, 0) is 26.2 Å². The average Bonchev–Trinajstić information content (AvgIpc) is 2.86. The topological polar surface area (TPSA) is 86.8 Å². The zero-order valence-corrected chi connectivity index (χ0v) is 24.9. The van der Waals surface area contributed by atoms with Gasteiger partial charge in [-0.2, -0.15) is 0 Å². The highest BCUT2D eigenvalue weighted by Crippen LogP contribution is 2.28. The molecule has 10 heteroatoms. The molecule has 1 atom stereocenters. The number of amides is 2. The van der Waals surface area contributed by atoms with Crippen molar-refractivity contribution < 1.29 is 18.0 Å². The number of nitrogens with one attached hydrogen (secondary N) is 1. The first-order valence-electron chi connectivity index (χ1n) is 12.4. The molecule has 0 aromatic heterocycles. The molecule has 3 aromatic rings. The minimum absolute atomic E-state index is 0.0403. The molecule has 0 heterocycles. The molecule has 2 amide bonds. The summed E-state index contributed by atoms with van der Waals surface area (Å²) in [4.78, 5) is 28.5. The van der Waals surface area contributed by atoms with Crippen molar-refractivity contribution in [3.63, 3.8) is 0 Å². The molecular weight excluding hydrogens is 557 g/mol. The summed E-state index contributed by atoms with van der Waals surface area (Å²) in [5, 5.41) is 3.55. The fourth-order valence-electron chi connectivity index (χ4n) is 3.94. The second-order valence-corrected chi connectivity index (χ2v) is 13.0. The van der Waals surface area contributed by atoms with Crippen molar-refractivity contribution in [2.24, 2.45) is 0 Å². The molecule has 0 fully saturated rings. The number of anilines is 1. The Balaban J connectivity index is 2.07. The first kappa shape index (κ1) is 30.5. The van der Waals surface area contributed by atoms with Crippen LogP contribution < -0.4 is 9.62 Å². The highest BCUT2D eigenvalue weighted by Gasteiger charge is 2.34. The number of carbonyl (C=O) groups is 2. The zero-order valence-electron chi connectivity index (χ0n) is 22.6. The Hall–Kier alpha value is -3.07. The third-order valence-electron chi connectivity index (χ3n) is 5.96. The van der Waals surface area contributed by atoms with E-state index in [0.29, 0.717) is 21.3 Å². The fraction of sp³-hybridized carbons (Fsp3) is 0.310. The molecule has 0 saturated heterocycles. The van der Waals surface area contributed by atoms with Gasteiger partial charge >= 0.3 is 0 Å². The minimum Gasteiger partial charge on any atom is -0.350 e. The van der Waals surface area contributed by atoms with Crippen molar-refractivity contribution in [2.75, 3.05) is 10.8 Å². The number of hydrogen-bond donors (Lipinski definition) is 1. The van der Waals surface area contributed by atoms with Gasteiger partial charge in [-0.25, -0.2) is 8.42 Å². The lowest BCUT2D eigenvalue weighted by molar-refractivity contribution is -0.140. The number of benzene rings is 3. The van der Waals surface area contributed by atoms with Crippen molar-refractivity contribution in [3.05, 3.63) is 94.0 Å². The molecule has 1 N–H and O–H groups in total. The van der Waals surface area contributed by atoms with Gasteiger partial charge in [0.1, 0.15) is 12.6 Å². The van der Waals surface area contributed by atoms with E-state index < -0.39 is 40.0 Å². The van der Waals surface area contributed by atoms with E-state index in [2.05, 4.69) is 5.32 Å². The Morgan fingerprint density at radius 3 is 2.08 bits per heavy atom. The zero-order chi connectivity index (χ0) is 29.0. The van der Waals surface area contributed by atoms with Crippen LogP contribution >= 0.6 is 23.2 Å². The van der Waals surface area contributed by atoms with Gasteiger partial charge in [0.25, 0.3) is 10.0 Å². The van der Waals surface area contributed by atoms with Crippen LogP contribution in [0.15, 0.2) is 77.7 Å². The van der Waals surface area contributed by atoms with Gasteiger partial charge in [0.15, 0.2) is 0 Å². The number of halogens is 2. The molecule has 0 radical (unpaired) electrons. The SMILES string of the molecule is Cc1cccc(N(CC(=O)N(Cc2c(Cl)cccc2Cl)[C@@H](C)C(=O)NC(C)(C)C)S(=O)(=O)c2ccccc2)c1. The van der Waals surface area contributed by atoms with Crippen molar-refractivity contribution in [3.8, 4) is 0 Å². The predicted molar refractivity (Wildman–Crippen MR) is 157 cm³/mol. The summed E-state index contributed by atoms with van der Waals surface area (Å²) >= 11 is 12.8. The van der Waals surface area contributed by atoms with Crippen LogP contribution in [0.25, 0.3) is 0 Å². The van der Waals surface area contributed by atoms with Crippen LogP contribution in [-0.4, -0.2) is 43.3 Å². The molecule has 0 aliphatic carbocycles. The molecule has 0 aliphatic rings. The van der Waals surface area contributed by atoms with Crippen LogP contribution in [0.3, 0.4) is 0 Å². The average molecular weight is 591 g/mol. The van der Waals surface area contributed by atoms with Gasteiger partial charge in [-0.1, -0.05) is 59.6 Å². The summed E-state index contributed by atoms with van der Waals surface area (Å²) in [5.41, 5.74) is 1.06. The molecule has 208 valence electrons. The molecule has 7 nitrogen and oxygen atoms in total. The molecular formula is C29H33Cl2N3O4S. The molecule has 3 rings (SSSR count). The van der Waals surface area contributed by atoms with Crippen LogP contribution in [0.5, 0.6) is 0 Å². The van der Waals surface area contributed by atoms with E-state index in [0.717, 1.165) is 9.87 Å². The van der Waals surface area contributed by atoms with Crippen molar-refractivity contribution in [1.29, 1.82) is 0 Å². The monoisotopic (exact) mass is 589 g/mol. The van der Waals surface area contributed by atoms with Gasteiger partial charge in [0.05, 0.1) is 10.6 Å². The Labute approximate surface area is 240 Å². The van der Waals surface area contributed by atoms with Gasteiger partial charge in [-0.15, -0.1) is 0 Å². The van der Waals surface area contributed by atoms with Crippen molar-refractivity contribution in [1.82, 2.24) is 10.2 Å². The Kier molecular flexibility index (Phi) is 9.69. The summed E-state index contributed by atoms with van der Waals surface area (Å²) in [5.74, 6) is -0.990. The maximum atomic E-state index is 14.0. The highest BCUT2D eigenvalue weighted by atomic mass is 35.5. The summed E-state index contributed by atoms with van der Waals surface area (Å²) < 4.78 is 28.7. The summed E-state index contributed by atoms with van der Waals surface area (Å²) in [6, 6.07) is 18.8. The molecule has 39 heavy (non-hydrogen) atoms. The largest absolute Gasteiger partial charge is 0.350 e. The summed E-state index contributed by atoms with van der Waals surface area (Å²) in [6.45, 7) is 8.29. The van der Waals surface area contributed by atoms with Gasteiger partial charge in [-0.3, -0.25) is 13.9 Å². The lowest BCUT2D eigenvalue weighted by Gasteiger charge is -2.34. The molecule has 3 aromatic carbocycles. The van der Waals surface area contributed by atoms with E-state index in [-0.39, 0.29) is 11.4 Å². The van der Waals surface area contributed by atoms with Crippen LogP contribution in [0.2, 0.25) is 10.0 Å². The molecule has 0 unspecified atom stereocenters. The Bertz CT molecular complexity index is 1420.